The molecule has 1 saturated heterocycles. The number of benzene rings is 1. The van der Waals surface area contributed by atoms with Gasteiger partial charge in [-0.15, -0.1) is 0 Å². The molecule has 14 heavy (non-hydrogen) atoms. The van der Waals surface area contributed by atoms with E-state index < -0.39 is 0 Å². The van der Waals surface area contributed by atoms with Crippen molar-refractivity contribution in [1.82, 2.24) is 5.48 Å². The number of hydrogen-bond acceptors (Lipinski definition) is 3. The number of rotatable bonds is 1. The summed E-state index contributed by atoms with van der Waals surface area (Å²) in [6.45, 7) is 0.614. The van der Waals surface area contributed by atoms with Gasteiger partial charge in [-0.3, -0.25) is 0 Å². The number of halogens is 1. The molecule has 2 rings (SSSR count). The normalized spacial score (nSPS) is 20.7. The first-order valence-electron chi connectivity index (χ1n) is 4.37. The molecule has 0 radical (unpaired) electrons. The van der Waals surface area contributed by atoms with E-state index in [0.29, 0.717) is 12.2 Å². The summed E-state index contributed by atoms with van der Waals surface area (Å²) in [5.74, 6) is -0.382. The van der Waals surface area contributed by atoms with Crippen LogP contribution in [0.25, 0.3) is 0 Å². The summed E-state index contributed by atoms with van der Waals surface area (Å²) in [4.78, 5) is 4.97. The highest BCUT2D eigenvalue weighted by Gasteiger charge is 2.18. The van der Waals surface area contributed by atoms with Gasteiger partial charge in [-0.25, -0.2) is 4.39 Å². The number of hydrogen-bond donors (Lipinski definition) is 1. The molecule has 1 heterocycles. The summed E-state index contributed by atoms with van der Waals surface area (Å²) in [6, 6.07) is 6.24. The molecule has 1 fully saturated rings. The minimum absolute atomic E-state index is 0.00204. The molecule has 0 saturated carbocycles. The molecule has 0 aliphatic carbocycles. The highest BCUT2D eigenvalue weighted by atomic mass is 19.1. The quantitative estimate of drug-likeness (QED) is 0.736. The predicted octanol–water partition coefficient (Wildman–Crippen LogP) is 1.66. The molecule has 0 aromatic heterocycles. The second kappa shape index (κ2) is 3.74. The van der Waals surface area contributed by atoms with Gasteiger partial charge in [0.15, 0.2) is 0 Å². The number of hydroxylamine groups is 1. The standard InChI is InChI=1S/C10H9FN2O/c11-9-4-7(6-12)3-8(5-9)10-1-2-14-13-10/h3-5,10,13H,1-2H2/t10-/m1/s1. The monoisotopic (exact) mass is 192 g/mol. The zero-order valence-electron chi connectivity index (χ0n) is 7.46. The van der Waals surface area contributed by atoms with E-state index in [1.54, 1.807) is 6.07 Å². The molecule has 4 heteroatoms. The van der Waals surface area contributed by atoms with E-state index >= 15 is 0 Å². The van der Waals surface area contributed by atoms with Crippen LogP contribution in [0.4, 0.5) is 4.39 Å². The van der Waals surface area contributed by atoms with Gasteiger partial charge >= 0.3 is 0 Å². The van der Waals surface area contributed by atoms with Crippen LogP contribution in [0.15, 0.2) is 18.2 Å². The highest BCUT2D eigenvalue weighted by Crippen LogP contribution is 2.22. The molecule has 0 amide bonds. The van der Waals surface area contributed by atoms with Crippen molar-refractivity contribution in [2.45, 2.75) is 12.5 Å². The van der Waals surface area contributed by atoms with Crippen LogP contribution in [0.1, 0.15) is 23.6 Å². The smallest absolute Gasteiger partial charge is 0.124 e. The molecular formula is C10H9FN2O. The molecule has 3 nitrogen and oxygen atoms in total. The van der Waals surface area contributed by atoms with Gasteiger partial charge in [-0.05, 0) is 30.2 Å². The molecule has 0 spiro atoms. The zero-order valence-corrected chi connectivity index (χ0v) is 7.46. The first-order valence-corrected chi connectivity index (χ1v) is 4.37. The minimum atomic E-state index is -0.382. The lowest BCUT2D eigenvalue weighted by molar-refractivity contribution is 0.0882. The minimum Gasteiger partial charge on any atom is -0.301 e. The Bertz CT molecular complexity index is 380. The van der Waals surface area contributed by atoms with Crippen molar-refractivity contribution in [1.29, 1.82) is 5.26 Å². The lowest BCUT2D eigenvalue weighted by atomic mass is 10.0. The van der Waals surface area contributed by atoms with Crippen molar-refractivity contribution in [3.05, 3.63) is 35.1 Å². The van der Waals surface area contributed by atoms with Crippen LogP contribution in [-0.4, -0.2) is 6.61 Å². The van der Waals surface area contributed by atoms with Gasteiger partial charge in [-0.1, -0.05) is 0 Å². The fraction of sp³-hybridized carbons (Fsp3) is 0.300. The van der Waals surface area contributed by atoms with Gasteiger partial charge in [0.25, 0.3) is 0 Å². The second-order valence-electron chi connectivity index (χ2n) is 3.19. The van der Waals surface area contributed by atoms with Gasteiger partial charge in [0.1, 0.15) is 5.82 Å². The first kappa shape index (κ1) is 9.13. The Balaban J connectivity index is 2.33. The summed E-state index contributed by atoms with van der Waals surface area (Å²) < 4.78 is 13.0. The topological polar surface area (TPSA) is 45.0 Å². The van der Waals surface area contributed by atoms with Crippen LogP contribution in [0.5, 0.6) is 0 Å². The highest BCUT2D eigenvalue weighted by molar-refractivity contribution is 5.35. The van der Waals surface area contributed by atoms with Gasteiger partial charge in [-0.2, -0.15) is 10.7 Å². The maximum absolute atomic E-state index is 13.0. The van der Waals surface area contributed by atoms with E-state index in [-0.39, 0.29) is 11.9 Å². The van der Waals surface area contributed by atoms with Gasteiger partial charge in [0.05, 0.1) is 24.3 Å². The Hall–Kier alpha value is -1.44. The van der Waals surface area contributed by atoms with E-state index in [9.17, 15) is 4.39 Å². The average molecular weight is 192 g/mol. The van der Waals surface area contributed by atoms with Gasteiger partial charge < -0.3 is 4.84 Å². The Morgan fingerprint density at radius 1 is 1.50 bits per heavy atom. The lowest BCUT2D eigenvalue weighted by Crippen LogP contribution is -2.11. The summed E-state index contributed by atoms with van der Waals surface area (Å²) >= 11 is 0. The lowest BCUT2D eigenvalue weighted by Gasteiger charge is -2.08. The Kier molecular flexibility index (Phi) is 2.44. The zero-order chi connectivity index (χ0) is 9.97. The van der Waals surface area contributed by atoms with Crippen molar-refractivity contribution in [2.24, 2.45) is 0 Å². The first-order chi connectivity index (χ1) is 6.79. The SMILES string of the molecule is N#Cc1cc(F)cc([C@H]2CCON2)c1. The maximum Gasteiger partial charge on any atom is 0.124 e. The fourth-order valence-electron chi connectivity index (χ4n) is 1.51. The Morgan fingerprint density at radius 3 is 3.00 bits per heavy atom. The Morgan fingerprint density at radius 2 is 2.36 bits per heavy atom. The van der Waals surface area contributed by atoms with E-state index in [2.05, 4.69) is 5.48 Å². The predicted molar refractivity (Wildman–Crippen MR) is 47.6 cm³/mol. The number of nitrogens with zero attached hydrogens (tertiary/aromatic N) is 1. The largest absolute Gasteiger partial charge is 0.301 e. The molecule has 1 aliphatic rings. The summed E-state index contributed by atoms with van der Waals surface area (Å²) in [5, 5.41) is 8.66. The van der Waals surface area contributed by atoms with E-state index in [0.717, 1.165) is 12.0 Å². The van der Waals surface area contributed by atoms with Crippen LogP contribution < -0.4 is 5.48 Å². The summed E-state index contributed by atoms with van der Waals surface area (Å²) in [5.41, 5.74) is 3.88. The maximum atomic E-state index is 13.0. The summed E-state index contributed by atoms with van der Waals surface area (Å²) in [7, 11) is 0. The van der Waals surface area contributed by atoms with Gasteiger partial charge in [0, 0.05) is 0 Å². The molecule has 72 valence electrons. The molecule has 0 bridgehead atoms. The molecule has 1 aromatic rings. The number of nitrogens with one attached hydrogen (secondary N) is 1. The molecule has 1 atom stereocenters. The molecule has 1 aliphatic heterocycles. The number of nitriles is 1. The molecular weight excluding hydrogens is 183 g/mol. The third kappa shape index (κ3) is 1.74. The van der Waals surface area contributed by atoms with Crippen molar-refractivity contribution in [2.75, 3.05) is 6.61 Å². The third-order valence-electron chi connectivity index (χ3n) is 2.19. The van der Waals surface area contributed by atoms with Crippen molar-refractivity contribution < 1.29 is 9.23 Å². The molecule has 0 unspecified atom stereocenters. The molecule has 1 aromatic carbocycles. The third-order valence-corrected chi connectivity index (χ3v) is 2.19. The van der Waals surface area contributed by atoms with Crippen LogP contribution in [0.2, 0.25) is 0 Å². The van der Waals surface area contributed by atoms with Crippen LogP contribution >= 0.6 is 0 Å². The summed E-state index contributed by atoms with van der Waals surface area (Å²) in [6.07, 6.45) is 0.800. The van der Waals surface area contributed by atoms with E-state index in [4.69, 9.17) is 10.1 Å². The Labute approximate surface area is 81.1 Å². The van der Waals surface area contributed by atoms with Crippen molar-refractivity contribution >= 4 is 0 Å². The van der Waals surface area contributed by atoms with Crippen LogP contribution in [0.3, 0.4) is 0 Å². The van der Waals surface area contributed by atoms with E-state index in [1.807, 2.05) is 6.07 Å². The van der Waals surface area contributed by atoms with E-state index in [1.165, 1.54) is 12.1 Å². The van der Waals surface area contributed by atoms with Gasteiger partial charge in [0.2, 0.25) is 0 Å². The fourth-order valence-corrected chi connectivity index (χ4v) is 1.51. The van der Waals surface area contributed by atoms with Crippen molar-refractivity contribution in [3.8, 4) is 6.07 Å². The average Bonchev–Trinajstić information content (AvgIpc) is 2.69. The van der Waals surface area contributed by atoms with Crippen LogP contribution in [-0.2, 0) is 4.84 Å². The second-order valence-corrected chi connectivity index (χ2v) is 3.19. The van der Waals surface area contributed by atoms with Crippen molar-refractivity contribution in [3.63, 3.8) is 0 Å². The van der Waals surface area contributed by atoms with Crippen LogP contribution in [0, 0.1) is 17.1 Å². The molecule has 1 N–H and O–H groups in total.